The van der Waals surface area contributed by atoms with Crippen LogP contribution in [-0.2, 0) is 4.74 Å². The molecule has 0 radical (unpaired) electrons. The van der Waals surface area contributed by atoms with Crippen molar-refractivity contribution in [3.8, 4) is 0 Å². The van der Waals surface area contributed by atoms with Crippen molar-refractivity contribution in [3.63, 3.8) is 0 Å². The van der Waals surface area contributed by atoms with E-state index in [4.69, 9.17) is 4.74 Å². The van der Waals surface area contributed by atoms with E-state index in [-0.39, 0.29) is 6.10 Å². The van der Waals surface area contributed by atoms with Gasteiger partial charge in [0.15, 0.2) is 0 Å². The third-order valence-electron chi connectivity index (χ3n) is 3.31. The summed E-state index contributed by atoms with van der Waals surface area (Å²) in [6.45, 7) is 0.882. The maximum atomic E-state index is 10.2. The summed E-state index contributed by atoms with van der Waals surface area (Å²) in [5.74, 6) is 0. The van der Waals surface area contributed by atoms with E-state index < -0.39 is 5.60 Å². The molecule has 2 rings (SSSR count). The highest BCUT2D eigenvalue weighted by atomic mass is 16.5. The Kier molecular flexibility index (Phi) is 3.24. The average Bonchev–Trinajstić information content (AvgIpc) is 2.69. The van der Waals surface area contributed by atoms with Crippen molar-refractivity contribution in [1.29, 1.82) is 0 Å². The Morgan fingerprint density at radius 3 is 2.57 bits per heavy atom. The van der Waals surface area contributed by atoms with Gasteiger partial charge in [0.1, 0.15) is 0 Å². The highest BCUT2D eigenvalue weighted by Gasteiger charge is 2.26. The Hall–Kier alpha value is -0.340. The van der Waals surface area contributed by atoms with Crippen molar-refractivity contribution in [1.82, 2.24) is 0 Å². The molecule has 0 bridgehead atoms. The van der Waals surface area contributed by atoms with E-state index in [9.17, 15) is 5.11 Å². The summed E-state index contributed by atoms with van der Waals surface area (Å²) in [5.41, 5.74) is -0.524. The van der Waals surface area contributed by atoms with Gasteiger partial charge in [0, 0.05) is 6.61 Å². The zero-order valence-corrected chi connectivity index (χ0v) is 8.74. The maximum absolute atomic E-state index is 10.2. The van der Waals surface area contributed by atoms with Gasteiger partial charge in [-0.15, -0.1) is 0 Å². The van der Waals surface area contributed by atoms with Crippen molar-refractivity contribution in [2.75, 3.05) is 6.61 Å². The molecule has 1 N–H and O–H groups in total. The van der Waals surface area contributed by atoms with Crippen LogP contribution in [0.4, 0.5) is 0 Å². The number of aliphatic hydroxyl groups is 1. The normalized spacial score (nSPS) is 32.5. The highest BCUT2D eigenvalue weighted by molar-refractivity contribution is 5.05. The summed E-state index contributed by atoms with van der Waals surface area (Å²) >= 11 is 0. The Labute approximate surface area is 86.0 Å². The molecule has 1 aliphatic carbocycles. The second-order valence-electron chi connectivity index (χ2n) is 4.57. The Balaban J connectivity index is 1.87. The van der Waals surface area contributed by atoms with Gasteiger partial charge < -0.3 is 9.84 Å². The number of rotatable bonds is 2. The van der Waals surface area contributed by atoms with E-state index in [0.29, 0.717) is 0 Å². The van der Waals surface area contributed by atoms with E-state index in [2.05, 4.69) is 6.08 Å². The highest BCUT2D eigenvalue weighted by Crippen LogP contribution is 2.29. The summed E-state index contributed by atoms with van der Waals surface area (Å²) in [5, 5.41) is 10.2. The SMILES string of the molecule is OC1(/C=C/C2CCCO2)CCCCC1. The molecule has 2 fully saturated rings. The van der Waals surface area contributed by atoms with Crippen LogP contribution < -0.4 is 0 Å². The molecule has 1 heterocycles. The second kappa shape index (κ2) is 4.45. The molecule has 1 aliphatic heterocycles. The van der Waals surface area contributed by atoms with Crippen LogP contribution in [0.2, 0.25) is 0 Å². The molecule has 80 valence electrons. The van der Waals surface area contributed by atoms with Crippen LogP contribution in [0.15, 0.2) is 12.2 Å². The standard InChI is InChI=1S/C12H20O2/c13-12(7-2-1-3-8-12)9-6-11-5-4-10-14-11/h6,9,11,13H,1-5,7-8,10H2/b9-6+. The third kappa shape index (κ3) is 2.58. The first-order chi connectivity index (χ1) is 6.79. The summed E-state index contributed by atoms with van der Waals surface area (Å²) in [6, 6.07) is 0. The molecule has 0 amide bonds. The zero-order chi connectivity index (χ0) is 9.86. The lowest BCUT2D eigenvalue weighted by atomic mass is 9.84. The van der Waals surface area contributed by atoms with E-state index in [1.807, 2.05) is 6.08 Å². The first kappa shape index (κ1) is 10.2. The molecule has 1 atom stereocenters. The van der Waals surface area contributed by atoms with Gasteiger partial charge in [-0.1, -0.05) is 31.4 Å². The molecule has 0 spiro atoms. The van der Waals surface area contributed by atoms with E-state index >= 15 is 0 Å². The number of hydrogen-bond donors (Lipinski definition) is 1. The monoisotopic (exact) mass is 196 g/mol. The van der Waals surface area contributed by atoms with Crippen LogP contribution >= 0.6 is 0 Å². The molecule has 0 aromatic rings. The minimum absolute atomic E-state index is 0.265. The van der Waals surface area contributed by atoms with Gasteiger partial charge >= 0.3 is 0 Å². The molecule has 0 aromatic heterocycles. The Morgan fingerprint density at radius 1 is 1.14 bits per heavy atom. The van der Waals surface area contributed by atoms with Crippen LogP contribution in [0.1, 0.15) is 44.9 Å². The van der Waals surface area contributed by atoms with Crippen LogP contribution in [0.5, 0.6) is 0 Å². The van der Waals surface area contributed by atoms with Crippen molar-refractivity contribution < 1.29 is 9.84 Å². The third-order valence-corrected chi connectivity index (χ3v) is 3.31. The fraction of sp³-hybridized carbons (Fsp3) is 0.833. The summed E-state index contributed by atoms with van der Waals surface area (Å²) in [4.78, 5) is 0. The second-order valence-corrected chi connectivity index (χ2v) is 4.57. The van der Waals surface area contributed by atoms with Gasteiger partial charge in [-0.3, -0.25) is 0 Å². The zero-order valence-electron chi connectivity index (χ0n) is 8.74. The van der Waals surface area contributed by atoms with Crippen LogP contribution in [0, 0.1) is 0 Å². The molecule has 0 aromatic carbocycles. The lowest BCUT2D eigenvalue weighted by molar-refractivity contribution is 0.0494. The maximum Gasteiger partial charge on any atom is 0.0828 e. The quantitative estimate of drug-likeness (QED) is 0.687. The first-order valence-electron chi connectivity index (χ1n) is 5.82. The van der Waals surface area contributed by atoms with Crippen LogP contribution in [0.3, 0.4) is 0 Å². The first-order valence-corrected chi connectivity index (χ1v) is 5.82. The van der Waals surface area contributed by atoms with Gasteiger partial charge in [0.25, 0.3) is 0 Å². The largest absolute Gasteiger partial charge is 0.386 e. The van der Waals surface area contributed by atoms with Crippen LogP contribution in [-0.4, -0.2) is 23.4 Å². The van der Waals surface area contributed by atoms with Gasteiger partial charge in [0.2, 0.25) is 0 Å². The predicted octanol–water partition coefficient (Wildman–Crippen LogP) is 2.42. The number of hydrogen-bond acceptors (Lipinski definition) is 2. The lowest BCUT2D eigenvalue weighted by Gasteiger charge is -2.29. The summed E-state index contributed by atoms with van der Waals surface area (Å²) in [6.07, 6.45) is 12.0. The number of ether oxygens (including phenoxy) is 1. The Bertz CT molecular complexity index is 198. The predicted molar refractivity (Wildman–Crippen MR) is 56.1 cm³/mol. The van der Waals surface area contributed by atoms with Crippen LogP contribution in [0.25, 0.3) is 0 Å². The van der Waals surface area contributed by atoms with Gasteiger partial charge in [-0.05, 0) is 25.7 Å². The molecule has 2 nitrogen and oxygen atoms in total. The molecule has 1 unspecified atom stereocenters. The lowest BCUT2D eigenvalue weighted by Crippen LogP contribution is -2.28. The topological polar surface area (TPSA) is 29.5 Å². The molecule has 2 heteroatoms. The van der Waals surface area contributed by atoms with Gasteiger partial charge in [0.05, 0.1) is 11.7 Å². The van der Waals surface area contributed by atoms with Crippen molar-refractivity contribution in [3.05, 3.63) is 12.2 Å². The smallest absolute Gasteiger partial charge is 0.0828 e. The average molecular weight is 196 g/mol. The summed E-state index contributed by atoms with van der Waals surface area (Å²) in [7, 11) is 0. The minimum Gasteiger partial charge on any atom is -0.386 e. The van der Waals surface area contributed by atoms with E-state index in [1.54, 1.807) is 0 Å². The minimum atomic E-state index is -0.524. The van der Waals surface area contributed by atoms with Crippen molar-refractivity contribution >= 4 is 0 Å². The van der Waals surface area contributed by atoms with Gasteiger partial charge in [-0.25, -0.2) is 0 Å². The van der Waals surface area contributed by atoms with E-state index in [0.717, 1.165) is 45.1 Å². The molecule has 1 saturated carbocycles. The molecular weight excluding hydrogens is 176 g/mol. The van der Waals surface area contributed by atoms with Crippen molar-refractivity contribution in [2.45, 2.75) is 56.7 Å². The van der Waals surface area contributed by atoms with Gasteiger partial charge in [-0.2, -0.15) is 0 Å². The fourth-order valence-corrected chi connectivity index (χ4v) is 2.37. The fourth-order valence-electron chi connectivity index (χ4n) is 2.37. The molecule has 2 aliphatic rings. The molecule has 1 saturated heterocycles. The molecular formula is C12H20O2. The molecule has 14 heavy (non-hydrogen) atoms. The van der Waals surface area contributed by atoms with E-state index in [1.165, 1.54) is 6.42 Å². The Morgan fingerprint density at radius 2 is 1.93 bits per heavy atom. The van der Waals surface area contributed by atoms with Crippen molar-refractivity contribution in [2.24, 2.45) is 0 Å². The summed E-state index contributed by atoms with van der Waals surface area (Å²) < 4.78 is 5.49.